The molecule has 1 amide bonds. The zero-order chi connectivity index (χ0) is 19.7. The molecule has 0 aromatic heterocycles. The third kappa shape index (κ3) is 3.86. The molecule has 28 heavy (non-hydrogen) atoms. The molecule has 0 N–H and O–H groups in total. The van der Waals surface area contributed by atoms with Crippen LogP contribution >= 0.6 is 31.9 Å². The number of benzene rings is 3. The number of amides is 1. The van der Waals surface area contributed by atoms with Crippen LogP contribution < -0.4 is 4.90 Å². The Kier molecular flexibility index (Phi) is 5.29. The van der Waals surface area contributed by atoms with Gasteiger partial charge in [-0.1, -0.05) is 73.8 Å². The summed E-state index contributed by atoms with van der Waals surface area (Å²) in [6.45, 7) is 2.04. The summed E-state index contributed by atoms with van der Waals surface area (Å²) in [5.41, 5.74) is 4.19. The third-order valence-corrected chi connectivity index (χ3v) is 5.49. The van der Waals surface area contributed by atoms with Gasteiger partial charge in [0.1, 0.15) is 11.5 Å². The molecule has 0 aliphatic carbocycles. The molecule has 0 bridgehead atoms. The number of hydrogen-bond donors (Lipinski definition) is 0. The third-order valence-electron chi connectivity index (χ3n) is 4.43. The standard InChI is InChI=1S/C23H16Br2N2O/c1-15-2-6-17(7-3-15)22-26-21(14-16-4-8-18(24)9-5-16)23(28)27(22)20-12-10-19(25)11-13-20/h2-14H,1H3/b21-14+. The minimum atomic E-state index is -0.138. The van der Waals surface area contributed by atoms with Gasteiger partial charge in [0.05, 0.1) is 5.69 Å². The summed E-state index contributed by atoms with van der Waals surface area (Å²) in [6.07, 6.45) is 1.82. The van der Waals surface area contributed by atoms with Gasteiger partial charge in [0, 0.05) is 14.5 Å². The minimum absolute atomic E-state index is 0.138. The van der Waals surface area contributed by atoms with E-state index in [1.165, 1.54) is 0 Å². The quantitative estimate of drug-likeness (QED) is 0.389. The largest absolute Gasteiger partial charge is 0.282 e. The van der Waals surface area contributed by atoms with Crippen molar-refractivity contribution in [3.05, 3.63) is 104 Å². The molecule has 0 atom stereocenters. The van der Waals surface area contributed by atoms with Crippen molar-refractivity contribution in [2.75, 3.05) is 4.90 Å². The van der Waals surface area contributed by atoms with Gasteiger partial charge in [-0.05, 0) is 55.0 Å². The molecule has 0 radical (unpaired) electrons. The first-order valence-corrected chi connectivity index (χ1v) is 10.3. The molecule has 3 aromatic rings. The van der Waals surface area contributed by atoms with Crippen molar-refractivity contribution < 1.29 is 4.79 Å². The van der Waals surface area contributed by atoms with Crippen molar-refractivity contribution in [2.24, 2.45) is 4.99 Å². The van der Waals surface area contributed by atoms with Crippen molar-refractivity contribution in [1.82, 2.24) is 0 Å². The van der Waals surface area contributed by atoms with Crippen LogP contribution in [-0.4, -0.2) is 11.7 Å². The molecule has 0 unspecified atom stereocenters. The summed E-state index contributed by atoms with van der Waals surface area (Å²) in [7, 11) is 0. The van der Waals surface area contributed by atoms with Crippen LogP contribution in [0.1, 0.15) is 16.7 Å². The number of rotatable bonds is 3. The first-order valence-electron chi connectivity index (χ1n) is 8.74. The second kappa shape index (κ2) is 7.86. The number of amidine groups is 1. The average molecular weight is 496 g/mol. The van der Waals surface area contributed by atoms with Crippen LogP contribution in [0.15, 0.2) is 92.4 Å². The van der Waals surface area contributed by atoms with Crippen molar-refractivity contribution in [2.45, 2.75) is 6.92 Å². The Bertz CT molecular complexity index is 1080. The molecule has 0 saturated carbocycles. The van der Waals surface area contributed by atoms with Crippen LogP contribution in [0.3, 0.4) is 0 Å². The lowest BCUT2D eigenvalue weighted by Gasteiger charge is -2.18. The lowest BCUT2D eigenvalue weighted by molar-refractivity contribution is -0.113. The van der Waals surface area contributed by atoms with E-state index in [9.17, 15) is 4.79 Å². The fourth-order valence-electron chi connectivity index (χ4n) is 2.96. The molecule has 3 nitrogen and oxygen atoms in total. The van der Waals surface area contributed by atoms with Gasteiger partial charge in [-0.2, -0.15) is 0 Å². The van der Waals surface area contributed by atoms with E-state index in [1.54, 1.807) is 4.90 Å². The van der Waals surface area contributed by atoms with Gasteiger partial charge < -0.3 is 0 Å². The Hall–Kier alpha value is -2.50. The van der Waals surface area contributed by atoms with E-state index in [4.69, 9.17) is 4.99 Å². The SMILES string of the molecule is Cc1ccc(C2=N/C(=C/c3ccc(Br)cc3)C(=O)N2c2ccc(Br)cc2)cc1. The normalized spacial score (nSPS) is 15.2. The molecule has 138 valence electrons. The van der Waals surface area contributed by atoms with E-state index in [1.807, 2.05) is 85.8 Å². The Morgan fingerprint density at radius 1 is 0.821 bits per heavy atom. The van der Waals surface area contributed by atoms with Gasteiger partial charge in [-0.25, -0.2) is 4.99 Å². The number of halogens is 2. The van der Waals surface area contributed by atoms with E-state index in [2.05, 4.69) is 31.9 Å². The highest BCUT2D eigenvalue weighted by Gasteiger charge is 2.32. The molecule has 5 heteroatoms. The van der Waals surface area contributed by atoms with E-state index in [-0.39, 0.29) is 5.91 Å². The Morgan fingerprint density at radius 2 is 1.39 bits per heavy atom. The minimum Gasteiger partial charge on any atom is -0.266 e. The van der Waals surface area contributed by atoms with Gasteiger partial charge in [-0.3, -0.25) is 9.69 Å². The highest BCUT2D eigenvalue weighted by atomic mass is 79.9. The van der Waals surface area contributed by atoms with Crippen molar-refractivity contribution >= 4 is 55.4 Å². The topological polar surface area (TPSA) is 32.7 Å². The van der Waals surface area contributed by atoms with Gasteiger partial charge >= 0.3 is 0 Å². The van der Waals surface area contributed by atoms with E-state index < -0.39 is 0 Å². The van der Waals surface area contributed by atoms with Crippen LogP contribution in [0.4, 0.5) is 5.69 Å². The summed E-state index contributed by atoms with van der Waals surface area (Å²) in [6, 6.07) is 23.5. The van der Waals surface area contributed by atoms with Gasteiger partial charge in [0.25, 0.3) is 5.91 Å². The molecule has 4 rings (SSSR count). The summed E-state index contributed by atoms with van der Waals surface area (Å²) >= 11 is 6.88. The van der Waals surface area contributed by atoms with Crippen LogP contribution in [0.2, 0.25) is 0 Å². The monoisotopic (exact) mass is 494 g/mol. The van der Waals surface area contributed by atoms with Crippen molar-refractivity contribution in [1.29, 1.82) is 0 Å². The fourth-order valence-corrected chi connectivity index (χ4v) is 3.49. The number of aryl methyl sites for hydroxylation is 1. The highest BCUT2D eigenvalue weighted by Crippen LogP contribution is 2.29. The van der Waals surface area contributed by atoms with Crippen LogP contribution in [0.25, 0.3) is 6.08 Å². The molecule has 1 aliphatic heterocycles. The first kappa shape index (κ1) is 18.8. The zero-order valence-corrected chi connectivity index (χ0v) is 18.2. The zero-order valence-electron chi connectivity index (χ0n) is 15.1. The second-order valence-corrected chi connectivity index (χ2v) is 8.33. The maximum atomic E-state index is 13.2. The first-order chi connectivity index (χ1) is 13.5. The van der Waals surface area contributed by atoms with Crippen molar-refractivity contribution in [3.63, 3.8) is 0 Å². The number of aliphatic imine (C=N–C) groups is 1. The second-order valence-electron chi connectivity index (χ2n) is 6.50. The average Bonchev–Trinajstić information content (AvgIpc) is 3.01. The van der Waals surface area contributed by atoms with Crippen molar-refractivity contribution in [3.8, 4) is 0 Å². The predicted octanol–water partition coefficient (Wildman–Crippen LogP) is 6.35. The number of hydrogen-bond acceptors (Lipinski definition) is 2. The lowest BCUT2D eigenvalue weighted by atomic mass is 10.1. The molecular weight excluding hydrogens is 480 g/mol. The summed E-state index contributed by atoms with van der Waals surface area (Å²) < 4.78 is 1.95. The Balaban J connectivity index is 1.81. The van der Waals surface area contributed by atoms with Crippen LogP contribution in [0, 0.1) is 6.92 Å². The van der Waals surface area contributed by atoms with Crippen LogP contribution in [0.5, 0.6) is 0 Å². The van der Waals surface area contributed by atoms with E-state index in [0.29, 0.717) is 11.5 Å². The van der Waals surface area contributed by atoms with Crippen LogP contribution in [-0.2, 0) is 4.79 Å². The number of carbonyl (C=O) groups excluding carboxylic acids is 1. The maximum absolute atomic E-state index is 13.2. The van der Waals surface area contributed by atoms with E-state index in [0.717, 1.165) is 31.3 Å². The maximum Gasteiger partial charge on any atom is 0.282 e. The summed E-state index contributed by atoms with van der Waals surface area (Å²) in [5.74, 6) is 0.497. The Labute approximate surface area is 180 Å². The summed E-state index contributed by atoms with van der Waals surface area (Å²) in [4.78, 5) is 19.6. The molecule has 3 aromatic carbocycles. The predicted molar refractivity (Wildman–Crippen MR) is 121 cm³/mol. The molecule has 0 fully saturated rings. The van der Waals surface area contributed by atoms with Gasteiger partial charge in [0.2, 0.25) is 0 Å². The molecule has 0 spiro atoms. The fraction of sp³-hybridized carbons (Fsp3) is 0.0435. The smallest absolute Gasteiger partial charge is 0.266 e. The van der Waals surface area contributed by atoms with Gasteiger partial charge in [-0.15, -0.1) is 0 Å². The lowest BCUT2D eigenvalue weighted by Crippen LogP contribution is -2.32. The molecule has 1 aliphatic rings. The molecule has 0 saturated heterocycles. The number of anilines is 1. The number of nitrogens with zero attached hydrogens (tertiary/aromatic N) is 2. The Morgan fingerprint density at radius 3 is 2.00 bits per heavy atom. The highest BCUT2D eigenvalue weighted by molar-refractivity contribution is 9.10. The molecule has 1 heterocycles. The van der Waals surface area contributed by atoms with Gasteiger partial charge in [0.15, 0.2) is 0 Å². The van der Waals surface area contributed by atoms with E-state index >= 15 is 0 Å². The number of carbonyl (C=O) groups is 1. The molecular formula is C23H16Br2N2O. The summed E-state index contributed by atoms with van der Waals surface area (Å²) in [5, 5.41) is 0.